The molecule has 1 rings (SSSR count). The Labute approximate surface area is 122 Å². The lowest BCUT2D eigenvalue weighted by Crippen LogP contribution is -2.31. The van der Waals surface area contributed by atoms with Crippen LogP contribution in [0.1, 0.15) is 25.8 Å². The van der Waals surface area contributed by atoms with Gasteiger partial charge in [0, 0.05) is 31.1 Å². The largest absolute Gasteiger partial charge is 0.383 e. The number of carbonyl (C=O) groups excluding carboxylic acids is 1. The van der Waals surface area contributed by atoms with Gasteiger partial charge in [-0.05, 0) is 26.3 Å². The van der Waals surface area contributed by atoms with Crippen LogP contribution in [0.3, 0.4) is 0 Å². The molecule has 110 valence electrons. The van der Waals surface area contributed by atoms with Gasteiger partial charge in [-0.15, -0.1) is 0 Å². The van der Waals surface area contributed by atoms with Crippen molar-refractivity contribution in [1.82, 2.24) is 5.32 Å². The molecule has 0 bridgehead atoms. The van der Waals surface area contributed by atoms with Crippen molar-refractivity contribution in [2.24, 2.45) is 0 Å². The van der Waals surface area contributed by atoms with E-state index in [9.17, 15) is 14.9 Å². The van der Waals surface area contributed by atoms with Crippen LogP contribution in [0.4, 0.5) is 11.4 Å². The van der Waals surface area contributed by atoms with Crippen molar-refractivity contribution in [3.63, 3.8) is 0 Å². The molecular formula is C13H18ClN3O3. The van der Waals surface area contributed by atoms with E-state index in [-0.39, 0.29) is 22.7 Å². The van der Waals surface area contributed by atoms with Gasteiger partial charge in [-0.3, -0.25) is 14.9 Å². The Kier molecular flexibility index (Phi) is 5.76. The first kappa shape index (κ1) is 16.2. The zero-order valence-corrected chi connectivity index (χ0v) is 12.5. The molecule has 0 atom stereocenters. The molecule has 1 aromatic rings. The number of halogens is 1. The Balaban J connectivity index is 2.65. The molecule has 0 spiro atoms. The summed E-state index contributed by atoms with van der Waals surface area (Å²) in [6.45, 7) is 5.93. The number of hydrogen-bond acceptors (Lipinski definition) is 4. The van der Waals surface area contributed by atoms with Crippen LogP contribution in [-0.4, -0.2) is 23.4 Å². The second kappa shape index (κ2) is 7.09. The molecule has 0 saturated carbocycles. The highest BCUT2D eigenvalue weighted by Gasteiger charge is 2.13. The third-order valence-electron chi connectivity index (χ3n) is 2.59. The Bertz CT molecular complexity index is 495. The Morgan fingerprint density at radius 3 is 2.60 bits per heavy atom. The van der Waals surface area contributed by atoms with E-state index in [1.54, 1.807) is 6.92 Å². The summed E-state index contributed by atoms with van der Waals surface area (Å²) < 4.78 is 0. The van der Waals surface area contributed by atoms with Crippen LogP contribution in [0, 0.1) is 17.0 Å². The lowest BCUT2D eigenvalue weighted by molar-refractivity contribution is -0.384. The highest BCUT2D eigenvalue weighted by Crippen LogP contribution is 2.30. The number of nitro groups is 1. The van der Waals surface area contributed by atoms with Gasteiger partial charge in [-0.2, -0.15) is 0 Å². The van der Waals surface area contributed by atoms with Crippen LogP contribution in [0.5, 0.6) is 0 Å². The second-order valence-electron chi connectivity index (χ2n) is 4.78. The van der Waals surface area contributed by atoms with E-state index in [4.69, 9.17) is 11.6 Å². The van der Waals surface area contributed by atoms with Crippen LogP contribution >= 0.6 is 11.6 Å². The van der Waals surface area contributed by atoms with E-state index in [0.717, 1.165) is 0 Å². The van der Waals surface area contributed by atoms with Crippen LogP contribution in [-0.2, 0) is 4.79 Å². The molecule has 0 aromatic heterocycles. The summed E-state index contributed by atoms with van der Waals surface area (Å²) in [6, 6.07) is 2.85. The number of nitro benzene ring substituents is 1. The molecule has 2 N–H and O–H groups in total. The lowest BCUT2D eigenvalue weighted by Gasteiger charge is -2.12. The van der Waals surface area contributed by atoms with Crippen molar-refractivity contribution < 1.29 is 9.72 Å². The van der Waals surface area contributed by atoms with Gasteiger partial charge in [0.05, 0.1) is 15.6 Å². The highest BCUT2D eigenvalue weighted by atomic mass is 35.5. The Hall–Kier alpha value is -1.82. The molecule has 20 heavy (non-hydrogen) atoms. The van der Waals surface area contributed by atoms with Gasteiger partial charge in [-0.25, -0.2) is 0 Å². The minimum Gasteiger partial charge on any atom is -0.383 e. The number of benzene rings is 1. The maximum atomic E-state index is 11.5. The summed E-state index contributed by atoms with van der Waals surface area (Å²) in [7, 11) is 0. The van der Waals surface area contributed by atoms with Crippen LogP contribution < -0.4 is 10.6 Å². The van der Waals surface area contributed by atoms with E-state index in [2.05, 4.69) is 10.6 Å². The van der Waals surface area contributed by atoms with Crippen molar-refractivity contribution in [3.05, 3.63) is 32.8 Å². The van der Waals surface area contributed by atoms with Gasteiger partial charge in [0.1, 0.15) is 0 Å². The van der Waals surface area contributed by atoms with Gasteiger partial charge >= 0.3 is 0 Å². The molecular weight excluding hydrogens is 282 g/mol. The van der Waals surface area contributed by atoms with E-state index in [0.29, 0.717) is 24.2 Å². The van der Waals surface area contributed by atoms with Crippen LogP contribution in [0.2, 0.25) is 5.02 Å². The van der Waals surface area contributed by atoms with Crippen molar-refractivity contribution >= 4 is 28.9 Å². The first-order chi connectivity index (χ1) is 9.31. The summed E-state index contributed by atoms with van der Waals surface area (Å²) in [5.74, 6) is -0.0526. The first-order valence-electron chi connectivity index (χ1n) is 6.29. The number of non-ortho nitro benzene ring substituents is 1. The average Bonchev–Trinajstić information content (AvgIpc) is 2.31. The monoisotopic (exact) mass is 299 g/mol. The second-order valence-corrected chi connectivity index (χ2v) is 5.18. The number of nitrogens with one attached hydrogen (secondary N) is 2. The molecule has 0 fully saturated rings. The summed E-state index contributed by atoms with van der Waals surface area (Å²) in [5.41, 5.74) is 1.25. The lowest BCUT2D eigenvalue weighted by atomic mass is 10.1. The Morgan fingerprint density at radius 1 is 1.45 bits per heavy atom. The summed E-state index contributed by atoms with van der Waals surface area (Å²) in [6.07, 6.45) is 0.310. The van der Waals surface area contributed by atoms with E-state index in [1.165, 1.54) is 12.1 Å². The van der Waals surface area contributed by atoms with Crippen LogP contribution in [0.15, 0.2) is 12.1 Å². The molecule has 0 aliphatic carbocycles. The predicted octanol–water partition coefficient (Wildman–Crippen LogP) is 2.88. The summed E-state index contributed by atoms with van der Waals surface area (Å²) in [5, 5.41) is 16.8. The van der Waals surface area contributed by atoms with Crippen molar-refractivity contribution in [2.75, 3.05) is 11.9 Å². The molecule has 0 radical (unpaired) electrons. The quantitative estimate of drug-likeness (QED) is 0.625. The Morgan fingerprint density at radius 2 is 2.10 bits per heavy atom. The molecule has 1 aromatic carbocycles. The van der Waals surface area contributed by atoms with Crippen molar-refractivity contribution in [1.29, 1.82) is 0 Å². The molecule has 0 aliphatic heterocycles. The number of anilines is 1. The van der Waals surface area contributed by atoms with Gasteiger partial charge in [0.15, 0.2) is 0 Å². The fraction of sp³-hybridized carbons (Fsp3) is 0.462. The van der Waals surface area contributed by atoms with E-state index < -0.39 is 4.92 Å². The van der Waals surface area contributed by atoms with Crippen molar-refractivity contribution in [2.45, 2.75) is 33.2 Å². The predicted molar refractivity (Wildman–Crippen MR) is 79.2 cm³/mol. The van der Waals surface area contributed by atoms with Gasteiger partial charge in [0.25, 0.3) is 5.69 Å². The minimum absolute atomic E-state index is 0.0457. The maximum absolute atomic E-state index is 11.5. The van der Waals surface area contributed by atoms with Crippen LogP contribution in [0.25, 0.3) is 0 Å². The fourth-order valence-electron chi connectivity index (χ4n) is 1.75. The average molecular weight is 300 g/mol. The van der Waals surface area contributed by atoms with Gasteiger partial charge in [0.2, 0.25) is 5.91 Å². The van der Waals surface area contributed by atoms with E-state index in [1.807, 2.05) is 13.8 Å². The number of rotatable bonds is 6. The maximum Gasteiger partial charge on any atom is 0.271 e. The smallest absolute Gasteiger partial charge is 0.271 e. The fourth-order valence-corrected chi connectivity index (χ4v) is 2.08. The number of hydrogen-bond donors (Lipinski definition) is 2. The van der Waals surface area contributed by atoms with Crippen molar-refractivity contribution in [3.8, 4) is 0 Å². The molecule has 7 heteroatoms. The molecule has 0 saturated heterocycles. The number of carbonyl (C=O) groups is 1. The molecule has 6 nitrogen and oxygen atoms in total. The zero-order chi connectivity index (χ0) is 15.3. The molecule has 0 heterocycles. The standard InChI is InChI=1S/C13H18ClN3O3/c1-8(2)16-12(18)4-5-15-13-9(3)6-10(17(19)20)7-11(13)14/h6-8,15H,4-5H2,1-3H3,(H,16,18). The number of nitrogens with zero attached hydrogens (tertiary/aromatic N) is 1. The summed E-state index contributed by atoms with van der Waals surface area (Å²) >= 11 is 6.01. The summed E-state index contributed by atoms with van der Waals surface area (Å²) in [4.78, 5) is 21.7. The third-order valence-corrected chi connectivity index (χ3v) is 2.88. The minimum atomic E-state index is -0.487. The normalized spacial score (nSPS) is 10.4. The zero-order valence-electron chi connectivity index (χ0n) is 11.7. The topological polar surface area (TPSA) is 84.3 Å². The molecule has 0 aliphatic rings. The molecule has 0 unspecified atom stereocenters. The van der Waals surface area contributed by atoms with E-state index >= 15 is 0 Å². The number of amides is 1. The first-order valence-corrected chi connectivity index (χ1v) is 6.67. The molecule has 1 amide bonds. The number of aryl methyl sites for hydroxylation is 1. The van der Waals surface area contributed by atoms with Gasteiger partial charge < -0.3 is 10.6 Å². The highest BCUT2D eigenvalue weighted by molar-refractivity contribution is 6.33. The van der Waals surface area contributed by atoms with Gasteiger partial charge in [-0.1, -0.05) is 11.6 Å². The SMILES string of the molecule is Cc1cc([N+](=O)[O-])cc(Cl)c1NCCC(=O)NC(C)C. The third kappa shape index (κ3) is 4.70.